The molecule has 0 saturated heterocycles. The molecule has 0 aromatic carbocycles. The number of fused-ring (bicyclic) bond motifs is 3. The highest BCUT2D eigenvalue weighted by Gasteiger charge is 2.40. The second-order valence-electron chi connectivity index (χ2n) is 6.70. The van der Waals surface area contributed by atoms with Crippen molar-refractivity contribution in [2.24, 2.45) is 17.8 Å². The van der Waals surface area contributed by atoms with Crippen molar-refractivity contribution in [3.05, 3.63) is 11.6 Å². The molecule has 5 heteroatoms. The van der Waals surface area contributed by atoms with Crippen LogP contribution in [0, 0.1) is 17.8 Å². The zero-order valence-electron chi connectivity index (χ0n) is 11.8. The highest BCUT2D eigenvalue weighted by Crippen LogP contribution is 2.49. The van der Waals surface area contributed by atoms with E-state index in [1.807, 2.05) is 0 Å². The monoisotopic (exact) mass is 274 g/mol. The number of nitrogens with one attached hydrogen (secondary N) is 1. The van der Waals surface area contributed by atoms with E-state index in [0.717, 1.165) is 42.9 Å². The summed E-state index contributed by atoms with van der Waals surface area (Å²) >= 11 is 0. The Labute approximate surface area is 119 Å². The van der Waals surface area contributed by atoms with Crippen molar-refractivity contribution < 1.29 is 4.79 Å². The second kappa shape index (κ2) is 4.86. The Kier molecular flexibility index (Phi) is 3.00. The Hall–Kier alpha value is -1.39. The van der Waals surface area contributed by atoms with E-state index < -0.39 is 0 Å². The van der Waals surface area contributed by atoms with Gasteiger partial charge in [-0.2, -0.15) is 0 Å². The number of carbonyl (C=O) groups excluding carboxylic acids is 1. The number of hydrogen-bond acceptors (Lipinski definition) is 3. The van der Waals surface area contributed by atoms with Crippen LogP contribution in [0.3, 0.4) is 0 Å². The van der Waals surface area contributed by atoms with Gasteiger partial charge in [-0.25, -0.2) is 0 Å². The molecular weight excluding hydrogens is 252 g/mol. The van der Waals surface area contributed by atoms with Gasteiger partial charge in [0, 0.05) is 19.4 Å². The lowest BCUT2D eigenvalue weighted by molar-refractivity contribution is -0.122. The van der Waals surface area contributed by atoms with Crippen LogP contribution >= 0.6 is 0 Å². The minimum atomic E-state index is 0.192. The first-order valence-electron chi connectivity index (χ1n) is 7.97. The number of rotatable bonds is 4. The third-order valence-corrected chi connectivity index (χ3v) is 5.46. The fraction of sp³-hybridized carbons (Fsp3) is 0.800. The van der Waals surface area contributed by atoms with Crippen LogP contribution in [0.2, 0.25) is 0 Å². The molecule has 0 spiro atoms. The Bertz CT molecular complexity index is 524. The van der Waals surface area contributed by atoms with Gasteiger partial charge in [0.25, 0.3) is 0 Å². The average Bonchev–Trinajstić information content (AvgIpc) is 3.17. The van der Waals surface area contributed by atoms with Crippen LogP contribution in [0.15, 0.2) is 0 Å². The predicted molar refractivity (Wildman–Crippen MR) is 73.7 cm³/mol. The quantitative estimate of drug-likeness (QED) is 0.908. The van der Waals surface area contributed by atoms with Gasteiger partial charge in [-0.3, -0.25) is 4.79 Å². The molecule has 4 rings (SSSR count). The standard InChI is InChI=1S/C15H22N4O/c20-15(8-12-7-10-3-4-11(12)6-10)16-9-14-18-17-13-2-1-5-19(13)14/h10-12H,1-9H2,(H,16,20)/t10-,11-,12+/m0/s1. The van der Waals surface area contributed by atoms with Gasteiger partial charge < -0.3 is 9.88 Å². The number of carbonyl (C=O) groups is 1. The fourth-order valence-electron chi connectivity index (χ4n) is 4.46. The van der Waals surface area contributed by atoms with Gasteiger partial charge >= 0.3 is 0 Å². The van der Waals surface area contributed by atoms with Gasteiger partial charge in [0.05, 0.1) is 6.54 Å². The molecule has 2 aliphatic carbocycles. The minimum absolute atomic E-state index is 0.192. The maximum Gasteiger partial charge on any atom is 0.220 e. The number of amides is 1. The number of nitrogens with zero attached hydrogens (tertiary/aromatic N) is 3. The van der Waals surface area contributed by atoms with Crippen LogP contribution in [-0.4, -0.2) is 20.7 Å². The van der Waals surface area contributed by atoms with Gasteiger partial charge in [-0.15, -0.1) is 10.2 Å². The molecule has 1 N–H and O–H groups in total. The van der Waals surface area contributed by atoms with Gasteiger partial charge in [0.1, 0.15) is 5.82 Å². The van der Waals surface area contributed by atoms with E-state index in [4.69, 9.17) is 0 Å². The summed E-state index contributed by atoms with van der Waals surface area (Å²) in [6, 6.07) is 0. The summed E-state index contributed by atoms with van der Waals surface area (Å²) < 4.78 is 2.15. The predicted octanol–water partition coefficient (Wildman–Crippen LogP) is 1.67. The van der Waals surface area contributed by atoms with Gasteiger partial charge in [0.2, 0.25) is 5.91 Å². The third-order valence-electron chi connectivity index (χ3n) is 5.46. The SMILES string of the molecule is O=C(C[C@H]1C[C@H]2CC[C@H]1C2)NCc1nnc2n1CCC2. The second-order valence-corrected chi connectivity index (χ2v) is 6.70. The van der Waals surface area contributed by atoms with Gasteiger partial charge in [0.15, 0.2) is 5.82 Å². The molecule has 20 heavy (non-hydrogen) atoms. The van der Waals surface area contributed by atoms with Crippen LogP contribution in [0.5, 0.6) is 0 Å². The zero-order chi connectivity index (χ0) is 13.5. The van der Waals surface area contributed by atoms with E-state index in [1.54, 1.807) is 0 Å². The van der Waals surface area contributed by atoms with Crippen molar-refractivity contribution in [3.63, 3.8) is 0 Å². The lowest BCUT2D eigenvalue weighted by Gasteiger charge is -2.20. The number of aryl methyl sites for hydroxylation is 1. The molecule has 3 atom stereocenters. The maximum atomic E-state index is 12.1. The van der Waals surface area contributed by atoms with E-state index in [-0.39, 0.29) is 5.91 Å². The smallest absolute Gasteiger partial charge is 0.220 e. The van der Waals surface area contributed by atoms with Crippen LogP contribution in [0.4, 0.5) is 0 Å². The molecule has 2 fully saturated rings. The van der Waals surface area contributed by atoms with Crippen molar-refractivity contribution in [2.45, 2.75) is 58.0 Å². The summed E-state index contributed by atoms with van der Waals surface area (Å²) in [5.74, 6) is 4.55. The molecule has 0 radical (unpaired) electrons. The van der Waals surface area contributed by atoms with Crippen LogP contribution in [0.1, 0.15) is 50.2 Å². The minimum Gasteiger partial charge on any atom is -0.349 e. The summed E-state index contributed by atoms with van der Waals surface area (Å²) in [7, 11) is 0. The van der Waals surface area contributed by atoms with Crippen LogP contribution in [-0.2, 0) is 24.3 Å². The molecule has 1 aliphatic heterocycles. The lowest BCUT2D eigenvalue weighted by atomic mass is 9.86. The first-order chi connectivity index (χ1) is 9.79. The Morgan fingerprint density at radius 1 is 1.30 bits per heavy atom. The maximum absolute atomic E-state index is 12.1. The van der Waals surface area contributed by atoms with Crippen molar-refractivity contribution in [1.82, 2.24) is 20.1 Å². The molecule has 1 amide bonds. The van der Waals surface area contributed by atoms with E-state index in [0.29, 0.717) is 18.9 Å². The van der Waals surface area contributed by atoms with E-state index in [2.05, 4.69) is 20.1 Å². The Balaban J connectivity index is 1.30. The molecule has 1 aromatic rings. The third kappa shape index (κ3) is 2.13. The van der Waals surface area contributed by atoms with Crippen LogP contribution < -0.4 is 5.32 Å². The molecule has 108 valence electrons. The molecular formula is C15H22N4O. The van der Waals surface area contributed by atoms with Crippen molar-refractivity contribution >= 4 is 5.91 Å². The molecule has 5 nitrogen and oxygen atoms in total. The summed E-state index contributed by atoms with van der Waals surface area (Å²) in [5.41, 5.74) is 0. The van der Waals surface area contributed by atoms with Crippen molar-refractivity contribution in [2.75, 3.05) is 0 Å². The fourth-order valence-corrected chi connectivity index (χ4v) is 4.46. The molecule has 1 aromatic heterocycles. The number of aromatic nitrogens is 3. The molecule has 2 heterocycles. The number of hydrogen-bond donors (Lipinski definition) is 1. The van der Waals surface area contributed by atoms with E-state index in [9.17, 15) is 4.79 Å². The average molecular weight is 274 g/mol. The van der Waals surface area contributed by atoms with Gasteiger partial charge in [-0.1, -0.05) is 6.42 Å². The molecule has 3 aliphatic rings. The highest BCUT2D eigenvalue weighted by molar-refractivity contribution is 5.76. The van der Waals surface area contributed by atoms with Crippen LogP contribution in [0.25, 0.3) is 0 Å². The summed E-state index contributed by atoms with van der Waals surface area (Å²) in [5, 5.41) is 11.4. The normalized spacial score (nSPS) is 30.7. The van der Waals surface area contributed by atoms with Crippen molar-refractivity contribution in [3.8, 4) is 0 Å². The Morgan fingerprint density at radius 2 is 2.25 bits per heavy atom. The summed E-state index contributed by atoms with van der Waals surface area (Å²) in [4.78, 5) is 12.1. The topological polar surface area (TPSA) is 59.8 Å². The molecule has 2 saturated carbocycles. The molecule has 0 unspecified atom stereocenters. The van der Waals surface area contributed by atoms with E-state index >= 15 is 0 Å². The molecule has 2 bridgehead atoms. The van der Waals surface area contributed by atoms with Gasteiger partial charge in [-0.05, 0) is 43.4 Å². The summed E-state index contributed by atoms with van der Waals surface area (Å²) in [6.45, 7) is 1.53. The lowest BCUT2D eigenvalue weighted by Crippen LogP contribution is -2.28. The zero-order valence-corrected chi connectivity index (χ0v) is 11.8. The largest absolute Gasteiger partial charge is 0.349 e. The first kappa shape index (κ1) is 12.4. The van der Waals surface area contributed by atoms with E-state index in [1.165, 1.54) is 25.7 Å². The highest BCUT2D eigenvalue weighted by atomic mass is 16.1. The first-order valence-corrected chi connectivity index (χ1v) is 7.97. The summed E-state index contributed by atoms with van der Waals surface area (Å²) in [6.07, 6.45) is 8.27. The Morgan fingerprint density at radius 3 is 3.05 bits per heavy atom. The van der Waals surface area contributed by atoms with Crippen molar-refractivity contribution in [1.29, 1.82) is 0 Å².